The second-order valence-electron chi connectivity index (χ2n) is 9.97. The molecule has 0 N–H and O–H groups in total. The van der Waals surface area contributed by atoms with Crippen LogP contribution in [0.2, 0.25) is 0 Å². The number of hydrogen-bond donors (Lipinski definition) is 0. The van der Waals surface area contributed by atoms with Gasteiger partial charge in [-0.25, -0.2) is 0 Å². The molecule has 3 fully saturated rings. The predicted octanol–water partition coefficient (Wildman–Crippen LogP) is 5.01. The molecule has 0 heterocycles. The number of carbonyl (C=O) groups excluding carboxylic acids is 2. The van der Waals surface area contributed by atoms with E-state index in [0.717, 1.165) is 44.1 Å². The fraction of sp³-hybridized carbons (Fsp3) is 0.739. The molecule has 0 aliphatic heterocycles. The minimum absolute atomic E-state index is 0.0684. The SMILES string of the molecule is C=C1C[C@]2(C)C(=CC1=O)CC[C@@H]1[C@H]3CC[C@](C)(OC(C)=O)[C@@]3(C)CC[C@H]12. The number of ketones is 1. The maximum Gasteiger partial charge on any atom is 0.303 e. The van der Waals surface area contributed by atoms with Gasteiger partial charge >= 0.3 is 5.97 Å². The molecule has 26 heavy (non-hydrogen) atoms. The van der Waals surface area contributed by atoms with Crippen LogP contribution in [0.3, 0.4) is 0 Å². The predicted molar refractivity (Wildman–Crippen MR) is 101 cm³/mol. The third-order valence-electron chi connectivity index (χ3n) is 8.87. The second kappa shape index (κ2) is 5.56. The number of rotatable bonds is 1. The van der Waals surface area contributed by atoms with E-state index >= 15 is 0 Å². The van der Waals surface area contributed by atoms with E-state index in [9.17, 15) is 9.59 Å². The Balaban J connectivity index is 1.67. The van der Waals surface area contributed by atoms with Gasteiger partial charge in [-0.05, 0) is 86.7 Å². The van der Waals surface area contributed by atoms with Gasteiger partial charge in [0.05, 0.1) is 0 Å². The lowest BCUT2D eigenvalue weighted by Gasteiger charge is -2.59. The van der Waals surface area contributed by atoms with Crippen LogP contribution in [0.15, 0.2) is 23.8 Å². The molecule has 4 aliphatic carbocycles. The fourth-order valence-electron chi connectivity index (χ4n) is 7.31. The summed E-state index contributed by atoms with van der Waals surface area (Å²) in [6, 6.07) is 0. The maximum atomic E-state index is 12.1. The molecular formula is C23H32O3. The van der Waals surface area contributed by atoms with Crippen molar-refractivity contribution in [3.05, 3.63) is 23.8 Å². The van der Waals surface area contributed by atoms with Gasteiger partial charge in [-0.15, -0.1) is 0 Å². The number of fused-ring (bicyclic) bond motifs is 5. The van der Waals surface area contributed by atoms with E-state index in [1.54, 1.807) is 0 Å². The van der Waals surface area contributed by atoms with Crippen LogP contribution in [0.5, 0.6) is 0 Å². The summed E-state index contributed by atoms with van der Waals surface area (Å²) in [5, 5.41) is 0. The van der Waals surface area contributed by atoms with Crippen LogP contribution in [0.4, 0.5) is 0 Å². The summed E-state index contributed by atoms with van der Waals surface area (Å²) >= 11 is 0. The van der Waals surface area contributed by atoms with Gasteiger partial charge in [0.25, 0.3) is 0 Å². The third-order valence-corrected chi connectivity index (χ3v) is 8.87. The molecule has 3 heteroatoms. The van der Waals surface area contributed by atoms with Crippen LogP contribution in [0, 0.1) is 28.6 Å². The highest BCUT2D eigenvalue weighted by Crippen LogP contribution is 2.68. The monoisotopic (exact) mass is 356 g/mol. The summed E-state index contributed by atoms with van der Waals surface area (Å²) in [7, 11) is 0. The van der Waals surface area contributed by atoms with E-state index in [1.807, 2.05) is 6.08 Å². The Labute approximate surface area is 157 Å². The van der Waals surface area contributed by atoms with Gasteiger partial charge in [0.15, 0.2) is 5.78 Å². The summed E-state index contributed by atoms with van der Waals surface area (Å²) in [5.74, 6) is 1.87. The Hall–Kier alpha value is -1.38. The normalized spacial score (nSPS) is 47.5. The van der Waals surface area contributed by atoms with Crippen molar-refractivity contribution >= 4 is 11.8 Å². The molecule has 3 nitrogen and oxygen atoms in total. The van der Waals surface area contributed by atoms with Crippen molar-refractivity contribution in [3.63, 3.8) is 0 Å². The molecule has 0 aromatic heterocycles. The lowest BCUT2D eigenvalue weighted by atomic mass is 9.46. The highest BCUT2D eigenvalue weighted by Gasteiger charge is 2.64. The lowest BCUT2D eigenvalue weighted by molar-refractivity contribution is -0.177. The zero-order valence-corrected chi connectivity index (χ0v) is 16.7. The highest BCUT2D eigenvalue weighted by atomic mass is 16.6. The average molecular weight is 357 g/mol. The quantitative estimate of drug-likeness (QED) is 0.490. The molecule has 142 valence electrons. The molecule has 0 unspecified atom stereocenters. The van der Waals surface area contributed by atoms with Gasteiger partial charge in [-0.1, -0.05) is 26.0 Å². The molecule has 0 amide bonds. The van der Waals surface area contributed by atoms with Crippen LogP contribution in [0.1, 0.15) is 72.6 Å². The van der Waals surface area contributed by atoms with Gasteiger partial charge in [-0.3, -0.25) is 9.59 Å². The van der Waals surface area contributed by atoms with E-state index in [1.165, 1.54) is 18.9 Å². The second-order valence-corrected chi connectivity index (χ2v) is 9.97. The van der Waals surface area contributed by atoms with E-state index in [0.29, 0.717) is 17.8 Å². The van der Waals surface area contributed by atoms with E-state index in [4.69, 9.17) is 4.74 Å². The zero-order valence-electron chi connectivity index (χ0n) is 16.7. The van der Waals surface area contributed by atoms with Crippen molar-refractivity contribution in [1.82, 2.24) is 0 Å². The van der Waals surface area contributed by atoms with Gasteiger partial charge in [0.2, 0.25) is 0 Å². The van der Waals surface area contributed by atoms with Gasteiger partial charge in [0.1, 0.15) is 5.60 Å². The Morgan fingerprint density at radius 1 is 1.15 bits per heavy atom. The molecule has 0 saturated heterocycles. The average Bonchev–Trinajstić information content (AvgIpc) is 2.80. The number of carbonyl (C=O) groups is 2. The Kier molecular flexibility index (Phi) is 3.85. The first-order chi connectivity index (χ1) is 12.1. The summed E-state index contributed by atoms with van der Waals surface area (Å²) in [6.45, 7) is 12.5. The molecule has 3 saturated carbocycles. The van der Waals surface area contributed by atoms with Crippen LogP contribution in [-0.4, -0.2) is 17.4 Å². The fourth-order valence-corrected chi connectivity index (χ4v) is 7.31. The number of ether oxygens (including phenoxy) is 1. The third kappa shape index (κ3) is 2.25. The Morgan fingerprint density at radius 3 is 2.54 bits per heavy atom. The minimum atomic E-state index is -0.336. The number of allylic oxidation sites excluding steroid dienone is 2. The van der Waals surface area contributed by atoms with Gasteiger partial charge in [-0.2, -0.15) is 0 Å². The van der Waals surface area contributed by atoms with Crippen molar-refractivity contribution in [3.8, 4) is 0 Å². The van der Waals surface area contributed by atoms with Gasteiger partial charge < -0.3 is 4.74 Å². The standard InChI is InChI=1S/C23H32O3/c1-14-13-21(3)16(12-20(14)25)6-7-17-18(21)8-10-22(4)19(17)9-11-23(22,5)26-15(2)24/h12,17-19H,1,6-11,13H2,2-5H3/t17-,18+,19+,21+,22-,23-/m0/s1. The Morgan fingerprint density at radius 2 is 1.85 bits per heavy atom. The summed E-state index contributed by atoms with van der Waals surface area (Å²) in [5.41, 5.74) is 1.97. The van der Waals surface area contributed by atoms with E-state index in [2.05, 4.69) is 27.4 Å². The first-order valence-electron chi connectivity index (χ1n) is 10.2. The summed E-state index contributed by atoms with van der Waals surface area (Å²) in [6.07, 6.45) is 9.31. The number of hydrogen-bond acceptors (Lipinski definition) is 3. The van der Waals surface area contributed by atoms with Crippen LogP contribution >= 0.6 is 0 Å². The molecule has 0 bridgehead atoms. The van der Waals surface area contributed by atoms with Crippen molar-refractivity contribution < 1.29 is 14.3 Å². The summed E-state index contributed by atoms with van der Waals surface area (Å²) < 4.78 is 5.90. The van der Waals surface area contributed by atoms with Crippen LogP contribution in [-0.2, 0) is 14.3 Å². The first kappa shape index (κ1) is 18.0. The molecular weight excluding hydrogens is 324 g/mol. The highest BCUT2D eigenvalue weighted by molar-refractivity contribution is 6.05. The number of esters is 1. The molecule has 4 aliphatic rings. The molecule has 0 spiro atoms. The van der Waals surface area contributed by atoms with Crippen LogP contribution < -0.4 is 0 Å². The first-order valence-corrected chi connectivity index (χ1v) is 10.2. The Bertz CT molecular complexity index is 719. The lowest BCUT2D eigenvalue weighted by Crippen LogP contribution is -2.55. The molecule has 0 aromatic carbocycles. The van der Waals surface area contributed by atoms with Crippen molar-refractivity contribution in [2.45, 2.75) is 78.2 Å². The molecule has 0 radical (unpaired) electrons. The van der Waals surface area contributed by atoms with Crippen LogP contribution in [0.25, 0.3) is 0 Å². The topological polar surface area (TPSA) is 43.4 Å². The maximum absolute atomic E-state index is 12.1. The van der Waals surface area contributed by atoms with E-state index < -0.39 is 0 Å². The molecule has 0 aromatic rings. The smallest absolute Gasteiger partial charge is 0.303 e. The molecule has 4 rings (SSSR count). The largest absolute Gasteiger partial charge is 0.459 e. The zero-order chi connectivity index (χ0) is 18.9. The van der Waals surface area contributed by atoms with E-state index in [-0.39, 0.29) is 28.2 Å². The van der Waals surface area contributed by atoms with Gasteiger partial charge in [0, 0.05) is 12.3 Å². The van der Waals surface area contributed by atoms with Crippen molar-refractivity contribution in [2.75, 3.05) is 0 Å². The van der Waals surface area contributed by atoms with Crippen molar-refractivity contribution in [2.24, 2.45) is 28.6 Å². The summed E-state index contributed by atoms with van der Waals surface area (Å²) in [4.78, 5) is 23.9. The minimum Gasteiger partial charge on any atom is -0.459 e. The van der Waals surface area contributed by atoms with Crippen molar-refractivity contribution in [1.29, 1.82) is 0 Å². The molecule has 6 atom stereocenters.